The summed E-state index contributed by atoms with van der Waals surface area (Å²) in [6, 6.07) is 7.18. The van der Waals surface area contributed by atoms with Gasteiger partial charge in [-0.05, 0) is 55.7 Å². The van der Waals surface area contributed by atoms with Gasteiger partial charge in [-0.1, -0.05) is 12.1 Å². The first kappa shape index (κ1) is 18.3. The Morgan fingerprint density at radius 2 is 1.78 bits per heavy atom. The number of hydrogen-bond acceptors (Lipinski definition) is 2. The highest BCUT2D eigenvalue weighted by Gasteiger charge is 2.39. The van der Waals surface area contributed by atoms with Crippen molar-refractivity contribution >= 4 is 11.9 Å². The Bertz CT molecular complexity index is 681. The van der Waals surface area contributed by atoms with Crippen molar-refractivity contribution in [1.82, 2.24) is 15.1 Å². The molecule has 0 spiro atoms. The summed E-state index contributed by atoms with van der Waals surface area (Å²) < 4.78 is 13.0. The Kier molecular flexibility index (Phi) is 5.32. The van der Waals surface area contributed by atoms with Gasteiger partial charge in [0.1, 0.15) is 5.82 Å². The quantitative estimate of drug-likeness (QED) is 0.863. The summed E-state index contributed by atoms with van der Waals surface area (Å²) in [5.41, 5.74) is 1.16. The van der Waals surface area contributed by atoms with Crippen molar-refractivity contribution in [1.29, 1.82) is 0 Å². The molecule has 1 saturated carbocycles. The first-order chi connectivity index (χ1) is 13.1. The lowest BCUT2D eigenvalue weighted by Crippen LogP contribution is -2.46. The van der Waals surface area contributed by atoms with Crippen molar-refractivity contribution < 1.29 is 14.0 Å². The Morgan fingerprint density at radius 3 is 2.44 bits per heavy atom. The minimum Gasteiger partial charge on any atom is -0.339 e. The van der Waals surface area contributed by atoms with Gasteiger partial charge in [-0.15, -0.1) is 0 Å². The van der Waals surface area contributed by atoms with Crippen LogP contribution in [0.2, 0.25) is 0 Å². The molecule has 3 aliphatic rings. The Hall–Kier alpha value is -2.11. The van der Waals surface area contributed by atoms with Gasteiger partial charge >= 0.3 is 6.03 Å². The maximum atomic E-state index is 13.0. The number of nitrogens with zero attached hydrogens (tertiary/aromatic N) is 2. The molecule has 1 atom stereocenters. The fraction of sp³-hybridized carbons (Fsp3) is 0.619. The number of rotatable bonds is 5. The van der Waals surface area contributed by atoms with E-state index in [2.05, 4.69) is 5.32 Å². The normalized spacial score (nSPS) is 23.7. The molecule has 146 valence electrons. The lowest BCUT2D eigenvalue weighted by Gasteiger charge is -2.32. The molecule has 0 bridgehead atoms. The molecule has 5 nitrogen and oxygen atoms in total. The Morgan fingerprint density at radius 1 is 1.07 bits per heavy atom. The van der Waals surface area contributed by atoms with Crippen molar-refractivity contribution in [3.63, 3.8) is 0 Å². The van der Waals surface area contributed by atoms with Gasteiger partial charge in [0.05, 0.1) is 0 Å². The average molecular weight is 373 g/mol. The summed E-state index contributed by atoms with van der Waals surface area (Å²) in [7, 11) is 0. The SMILES string of the molecule is O=C(NC[C@@H]1CC(=O)N(C2CC2)C1)N1CCC(Cc2ccc(F)cc2)CC1. The maximum absolute atomic E-state index is 13.0. The predicted octanol–water partition coefficient (Wildman–Crippen LogP) is 2.80. The van der Waals surface area contributed by atoms with Gasteiger partial charge in [-0.2, -0.15) is 0 Å². The maximum Gasteiger partial charge on any atom is 0.317 e. The van der Waals surface area contributed by atoms with Gasteiger partial charge in [0.25, 0.3) is 0 Å². The Balaban J connectivity index is 1.17. The summed E-state index contributed by atoms with van der Waals surface area (Å²) in [5.74, 6) is 0.838. The van der Waals surface area contributed by atoms with E-state index in [1.54, 1.807) is 0 Å². The molecule has 0 radical (unpaired) electrons. The number of piperidine rings is 1. The van der Waals surface area contributed by atoms with Crippen molar-refractivity contribution in [3.8, 4) is 0 Å². The summed E-state index contributed by atoms with van der Waals surface area (Å²) in [5, 5.41) is 3.03. The molecule has 27 heavy (non-hydrogen) atoms. The summed E-state index contributed by atoms with van der Waals surface area (Å²) in [4.78, 5) is 28.3. The highest BCUT2D eigenvalue weighted by Crippen LogP contribution is 2.32. The molecule has 3 amide bonds. The molecule has 1 aliphatic carbocycles. The molecule has 2 aliphatic heterocycles. The molecular formula is C21H28FN3O2. The van der Waals surface area contributed by atoms with Crippen LogP contribution in [0.3, 0.4) is 0 Å². The average Bonchev–Trinajstić information content (AvgIpc) is 3.45. The smallest absolute Gasteiger partial charge is 0.317 e. The van der Waals surface area contributed by atoms with E-state index in [4.69, 9.17) is 0 Å². The number of likely N-dealkylation sites (tertiary alicyclic amines) is 2. The van der Waals surface area contributed by atoms with Crippen LogP contribution in [0.15, 0.2) is 24.3 Å². The van der Waals surface area contributed by atoms with Crippen molar-refractivity contribution in [3.05, 3.63) is 35.6 Å². The van der Waals surface area contributed by atoms with E-state index in [-0.39, 0.29) is 23.7 Å². The molecular weight excluding hydrogens is 345 g/mol. The molecule has 2 heterocycles. The fourth-order valence-electron chi connectivity index (χ4n) is 4.32. The number of urea groups is 1. The molecule has 0 aromatic heterocycles. The van der Waals surface area contributed by atoms with Gasteiger partial charge in [-0.25, -0.2) is 9.18 Å². The molecule has 3 fully saturated rings. The minimum atomic E-state index is -0.200. The van der Waals surface area contributed by atoms with Gasteiger partial charge in [0.15, 0.2) is 0 Å². The number of carbonyl (C=O) groups is 2. The highest BCUT2D eigenvalue weighted by atomic mass is 19.1. The lowest BCUT2D eigenvalue weighted by atomic mass is 9.90. The molecule has 6 heteroatoms. The summed E-state index contributed by atoms with van der Waals surface area (Å²) in [6.45, 7) is 2.90. The van der Waals surface area contributed by atoms with E-state index in [0.29, 0.717) is 24.9 Å². The van der Waals surface area contributed by atoms with E-state index in [1.165, 1.54) is 12.1 Å². The van der Waals surface area contributed by atoms with Crippen molar-refractivity contribution in [2.24, 2.45) is 11.8 Å². The van der Waals surface area contributed by atoms with Crippen LogP contribution in [0.4, 0.5) is 9.18 Å². The first-order valence-electron chi connectivity index (χ1n) is 10.1. The monoisotopic (exact) mass is 373 g/mol. The minimum absolute atomic E-state index is 0.00690. The lowest BCUT2D eigenvalue weighted by molar-refractivity contribution is -0.128. The van der Waals surface area contributed by atoms with Gasteiger partial charge < -0.3 is 15.1 Å². The molecule has 1 N–H and O–H groups in total. The van der Waals surface area contributed by atoms with E-state index >= 15 is 0 Å². The summed E-state index contributed by atoms with van der Waals surface area (Å²) in [6.07, 6.45) is 5.73. The second-order valence-corrected chi connectivity index (χ2v) is 8.29. The second kappa shape index (κ2) is 7.87. The molecule has 1 aromatic rings. The third-order valence-electron chi connectivity index (χ3n) is 6.11. The molecule has 4 rings (SSSR count). The predicted molar refractivity (Wildman–Crippen MR) is 101 cm³/mol. The molecule has 0 unspecified atom stereocenters. The van der Waals surface area contributed by atoms with Crippen LogP contribution in [0.25, 0.3) is 0 Å². The zero-order chi connectivity index (χ0) is 18.8. The van der Waals surface area contributed by atoms with Crippen molar-refractivity contribution in [2.75, 3.05) is 26.2 Å². The largest absolute Gasteiger partial charge is 0.339 e. The van der Waals surface area contributed by atoms with E-state index in [1.807, 2.05) is 21.9 Å². The summed E-state index contributed by atoms with van der Waals surface area (Å²) >= 11 is 0. The first-order valence-corrected chi connectivity index (χ1v) is 10.1. The van der Waals surface area contributed by atoms with E-state index in [9.17, 15) is 14.0 Å². The number of benzene rings is 1. The molecule has 2 saturated heterocycles. The van der Waals surface area contributed by atoms with Crippen LogP contribution in [-0.2, 0) is 11.2 Å². The van der Waals surface area contributed by atoms with Gasteiger partial charge in [0, 0.05) is 44.6 Å². The van der Waals surface area contributed by atoms with Gasteiger partial charge in [-0.3, -0.25) is 4.79 Å². The third-order valence-corrected chi connectivity index (χ3v) is 6.11. The van der Waals surface area contributed by atoms with Crippen LogP contribution < -0.4 is 5.32 Å². The van der Waals surface area contributed by atoms with Crippen LogP contribution in [0.5, 0.6) is 0 Å². The van der Waals surface area contributed by atoms with Crippen molar-refractivity contribution in [2.45, 2.75) is 44.6 Å². The van der Waals surface area contributed by atoms with Crippen LogP contribution >= 0.6 is 0 Å². The number of hydrogen-bond donors (Lipinski definition) is 1. The number of nitrogens with one attached hydrogen (secondary N) is 1. The van der Waals surface area contributed by atoms with Crippen LogP contribution in [0, 0.1) is 17.7 Å². The van der Waals surface area contributed by atoms with E-state index in [0.717, 1.165) is 57.3 Å². The zero-order valence-electron chi connectivity index (χ0n) is 15.7. The van der Waals surface area contributed by atoms with Crippen LogP contribution in [0.1, 0.15) is 37.7 Å². The van der Waals surface area contributed by atoms with E-state index < -0.39 is 0 Å². The Labute approximate surface area is 159 Å². The molecule has 1 aromatic carbocycles. The fourth-order valence-corrected chi connectivity index (χ4v) is 4.32. The number of amides is 3. The second-order valence-electron chi connectivity index (χ2n) is 8.29. The van der Waals surface area contributed by atoms with Gasteiger partial charge in [0.2, 0.25) is 5.91 Å². The third kappa shape index (κ3) is 4.60. The number of carbonyl (C=O) groups excluding carboxylic acids is 2. The number of halogens is 1. The zero-order valence-corrected chi connectivity index (χ0v) is 15.7. The van der Waals surface area contributed by atoms with Crippen LogP contribution in [-0.4, -0.2) is 54.0 Å². The highest BCUT2D eigenvalue weighted by molar-refractivity contribution is 5.79. The topological polar surface area (TPSA) is 52.7 Å². The standard InChI is InChI=1S/C21H28FN3O2/c22-18-3-1-15(2-4-18)11-16-7-9-24(10-8-16)21(27)23-13-17-12-20(26)25(14-17)19-5-6-19/h1-4,16-17,19H,5-14H2,(H,23,27)/t17-/m0/s1.